The number of aromatic nitrogens is 1. The van der Waals surface area contributed by atoms with Gasteiger partial charge in [-0.25, -0.2) is 4.39 Å². The van der Waals surface area contributed by atoms with Crippen LogP contribution in [-0.4, -0.2) is 38.9 Å². The van der Waals surface area contributed by atoms with Gasteiger partial charge in [0, 0.05) is 35.9 Å². The maximum absolute atomic E-state index is 14.2. The number of carboxylic acid groups (broad SMARTS) is 1. The molecule has 0 fully saturated rings. The number of nitrogens with one attached hydrogen (secondary N) is 1. The molecule has 4 aromatic rings. The molecule has 1 heterocycles. The molecule has 0 spiro atoms. The summed E-state index contributed by atoms with van der Waals surface area (Å²) in [5, 5.41) is 34.6. The van der Waals surface area contributed by atoms with Crippen LogP contribution in [0.2, 0.25) is 0 Å². The van der Waals surface area contributed by atoms with E-state index in [1.165, 1.54) is 24.3 Å². The van der Waals surface area contributed by atoms with Crippen molar-refractivity contribution >= 4 is 17.6 Å². The van der Waals surface area contributed by atoms with Crippen molar-refractivity contribution in [3.8, 4) is 22.4 Å². The summed E-state index contributed by atoms with van der Waals surface area (Å²) in [6.07, 6.45) is -3.49. The fraction of sp³-hybridized carbons (Fsp3) is 0.273. The number of carbonyl (C=O) groups is 2. The van der Waals surface area contributed by atoms with Crippen LogP contribution >= 0.6 is 0 Å². The zero-order chi connectivity index (χ0) is 33.9. The smallest absolute Gasteiger partial charge is 0.550 e. The Kier molecular flexibility index (Phi) is 9.59. The van der Waals surface area contributed by atoms with E-state index in [9.17, 15) is 29.3 Å². The minimum Gasteiger partial charge on any atom is -0.550 e. The first-order chi connectivity index (χ1) is 21.7. The second-order valence-electron chi connectivity index (χ2n) is 10.0. The molecule has 4 rings (SSSR count). The first-order valence-corrected chi connectivity index (χ1v) is 13.2. The van der Waals surface area contributed by atoms with Crippen LogP contribution in [0.25, 0.3) is 22.4 Å². The zero-order valence-corrected chi connectivity index (χ0v) is 25.7. The van der Waals surface area contributed by atoms with Crippen molar-refractivity contribution in [2.24, 2.45) is 0 Å². The van der Waals surface area contributed by atoms with E-state index in [1.54, 1.807) is 34.9 Å². The van der Waals surface area contributed by atoms with E-state index >= 15 is 0 Å². The predicted octanol–water partition coefficient (Wildman–Crippen LogP) is 1.98. The second-order valence-corrected chi connectivity index (χ2v) is 10.0. The van der Waals surface area contributed by atoms with Gasteiger partial charge in [0.05, 0.1) is 30.3 Å². The van der Waals surface area contributed by atoms with Crippen LogP contribution in [0.1, 0.15) is 61.9 Å². The van der Waals surface area contributed by atoms with Crippen LogP contribution in [0.15, 0.2) is 84.8 Å². The van der Waals surface area contributed by atoms with Gasteiger partial charge in [0.2, 0.25) is 0 Å². The molecule has 0 saturated carbocycles. The third kappa shape index (κ3) is 8.18. The van der Waals surface area contributed by atoms with Crippen molar-refractivity contribution in [3.63, 3.8) is 0 Å². The third-order valence-corrected chi connectivity index (χ3v) is 6.61. The zero-order valence-electron chi connectivity index (χ0n) is 28.7. The van der Waals surface area contributed by atoms with Gasteiger partial charge in [-0.15, -0.1) is 0 Å². The summed E-state index contributed by atoms with van der Waals surface area (Å²) in [5.74, 6) is -3.03. The molecule has 0 aliphatic heterocycles. The summed E-state index contributed by atoms with van der Waals surface area (Å²) in [4.78, 5) is 25.2. The van der Waals surface area contributed by atoms with Crippen molar-refractivity contribution in [2.45, 2.75) is 57.8 Å². The largest absolute Gasteiger partial charge is 1.00 e. The average Bonchev–Trinajstić information content (AvgIpc) is 3.33. The van der Waals surface area contributed by atoms with Crippen LogP contribution in [0.5, 0.6) is 0 Å². The summed E-state index contributed by atoms with van der Waals surface area (Å²) in [6.45, 7) is 3.63. The van der Waals surface area contributed by atoms with E-state index in [0.717, 1.165) is 0 Å². The number of carboxylic acids is 1. The van der Waals surface area contributed by atoms with Crippen LogP contribution in [0.4, 0.5) is 10.1 Å². The molecule has 2 atom stereocenters. The van der Waals surface area contributed by atoms with Gasteiger partial charge in [0.25, 0.3) is 5.91 Å². The maximum atomic E-state index is 14.2. The number of rotatable bonds is 12. The molecular weight excluding hydrogens is 546 g/mol. The Morgan fingerprint density at radius 2 is 1.62 bits per heavy atom. The van der Waals surface area contributed by atoms with Gasteiger partial charge in [-0.3, -0.25) is 4.79 Å². The van der Waals surface area contributed by atoms with Crippen LogP contribution in [0.3, 0.4) is 0 Å². The van der Waals surface area contributed by atoms with Crippen molar-refractivity contribution in [1.29, 1.82) is 0 Å². The summed E-state index contributed by atoms with van der Waals surface area (Å²) in [7, 11) is 0. The van der Waals surface area contributed by atoms with Gasteiger partial charge in [-0.05, 0) is 66.3 Å². The molecule has 0 aliphatic carbocycles. The fourth-order valence-electron chi connectivity index (χ4n) is 4.93. The first kappa shape index (κ1) is 26.4. The summed E-state index contributed by atoms with van der Waals surface area (Å²) < 4.78 is 58.4. The monoisotopic (exact) mass is 585 g/mol. The molecule has 214 valence electrons. The number of hydrogen-bond donors (Lipinski definition) is 3. The van der Waals surface area contributed by atoms with Crippen LogP contribution in [0, 0.1) is 5.82 Å². The van der Waals surface area contributed by atoms with E-state index in [4.69, 9.17) is 6.85 Å². The number of benzene rings is 3. The maximum Gasteiger partial charge on any atom is 1.00 e. The topological polar surface area (TPSA) is 115 Å². The number of aliphatic carboxylic acids is 1. The number of hydrogen-bond acceptors (Lipinski definition) is 5. The SMILES string of the molecule is [2H]c1c([2H])c([2H])c(-c2c(C(=O)Nc3ccccc3)c(C(C)C)n(CC[C@@H](O)C[C@@H](O)CC(=O)[O-])c2-c2ccc(F)cc2)c([2H])c1[2H].[Na+]. The number of aliphatic hydroxyl groups is 2. The minimum absolute atomic E-state index is 0. The standard InChI is InChI=1S/C33H35FN2O5.Na/c1-21(2)31-30(33(41)35-25-11-7-4-8-12-25)29(22-9-5-3-6-10-22)32(23-13-15-24(34)16-14-23)36(31)18-17-26(37)19-27(38)20-28(39)40;/h3-16,21,26-27,37-38H,17-20H2,1-2H3,(H,35,41)(H,39,40);/q;+1/p-1/t26-,27-;/m1./s1/i3D,5D,6D,9D,10D;. The molecule has 42 heavy (non-hydrogen) atoms. The van der Waals surface area contributed by atoms with Gasteiger partial charge < -0.3 is 30.0 Å². The van der Waals surface area contributed by atoms with Crippen molar-refractivity contribution in [2.75, 3.05) is 5.32 Å². The van der Waals surface area contributed by atoms with E-state index < -0.39 is 72.5 Å². The molecule has 1 amide bonds. The van der Waals surface area contributed by atoms with Gasteiger partial charge in [0.15, 0.2) is 0 Å². The number of carbonyl (C=O) groups excluding carboxylic acids is 2. The molecule has 0 unspecified atom stereocenters. The molecule has 9 heteroatoms. The Bertz CT molecular complexity index is 1720. The number of amides is 1. The minimum atomic E-state index is -1.47. The molecule has 0 bridgehead atoms. The van der Waals surface area contributed by atoms with Gasteiger partial charge in [0.1, 0.15) is 5.82 Å². The average molecular weight is 586 g/mol. The molecule has 1 aromatic heterocycles. The number of para-hydroxylation sites is 1. The second kappa shape index (κ2) is 15.3. The summed E-state index contributed by atoms with van der Waals surface area (Å²) >= 11 is 0. The predicted molar refractivity (Wildman–Crippen MR) is 155 cm³/mol. The fourth-order valence-corrected chi connectivity index (χ4v) is 4.93. The van der Waals surface area contributed by atoms with E-state index in [-0.39, 0.29) is 71.3 Å². The Hall–Kier alpha value is -3.27. The van der Waals surface area contributed by atoms with E-state index in [0.29, 0.717) is 16.9 Å². The number of anilines is 1. The third-order valence-electron chi connectivity index (χ3n) is 6.61. The van der Waals surface area contributed by atoms with Crippen LogP contribution in [-0.2, 0) is 11.3 Å². The Morgan fingerprint density at radius 1 is 0.976 bits per heavy atom. The number of nitrogens with zero attached hydrogens (tertiary/aromatic N) is 1. The number of halogens is 1. The van der Waals surface area contributed by atoms with Crippen molar-refractivity contribution in [3.05, 3.63) is 102 Å². The first-order valence-electron chi connectivity index (χ1n) is 15.7. The molecule has 3 aromatic carbocycles. The van der Waals surface area contributed by atoms with E-state index in [1.807, 2.05) is 13.8 Å². The van der Waals surface area contributed by atoms with Crippen molar-refractivity contribution in [1.82, 2.24) is 4.57 Å². The molecule has 0 aliphatic rings. The number of aliphatic hydroxyl groups excluding tert-OH is 2. The van der Waals surface area contributed by atoms with E-state index in [2.05, 4.69) is 5.32 Å². The Labute approximate surface area is 274 Å². The summed E-state index contributed by atoms with van der Waals surface area (Å²) in [6, 6.07) is 10.9. The van der Waals surface area contributed by atoms with Gasteiger partial charge >= 0.3 is 29.6 Å². The quantitative estimate of drug-likeness (QED) is 0.220. The van der Waals surface area contributed by atoms with Gasteiger partial charge in [-0.2, -0.15) is 0 Å². The molecule has 0 saturated heterocycles. The Balaban J connectivity index is 0.00000600. The molecule has 7 nitrogen and oxygen atoms in total. The van der Waals surface area contributed by atoms with Gasteiger partial charge in [-0.1, -0.05) is 62.3 Å². The molecular formula is C33H34FN2NaO5. The normalized spacial score (nSPS) is 14.1. The molecule has 3 N–H and O–H groups in total. The Morgan fingerprint density at radius 3 is 2.21 bits per heavy atom. The summed E-state index contributed by atoms with van der Waals surface area (Å²) in [5.41, 5.74) is 1.32. The molecule has 0 radical (unpaired) electrons. The van der Waals surface area contributed by atoms with Crippen molar-refractivity contribution < 1.29 is 65.7 Å². The van der Waals surface area contributed by atoms with Crippen LogP contribution < -0.4 is 40.0 Å².